The Morgan fingerprint density at radius 1 is 1.21 bits per heavy atom. The highest BCUT2D eigenvalue weighted by molar-refractivity contribution is 5.94. The van der Waals surface area contributed by atoms with Crippen molar-refractivity contribution in [3.05, 3.63) is 71.9 Å². The molecule has 2 aromatic carbocycles. The van der Waals surface area contributed by atoms with E-state index < -0.39 is 22.9 Å². The minimum absolute atomic E-state index is 0.318. The van der Waals surface area contributed by atoms with Crippen molar-refractivity contribution in [2.24, 2.45) is 11.1 Å². The molecule has 0 radical (unpaired) electrons. The number of pyridine rings is 1. The van der Waals surface area contributed by atoms with Crippen LogP contribution in [0, 0.1) is 5.41 Å². The number of aromatic nitrogens is 1. The monoisotopic (exact) mass is 462 g/mol. The molecule has 1 aliphatic rings. The summed E-state index contributed by atoms with van der Waals surface area (Å²) in [5, 5.41) is 10.2. The number of para-hydroxylation sites is 1. The Labute approximate surface area is 198 Å². The molecule has 8 heteroatoms. The van der Waals surface area contributed by atoms with Gasteiger partial charge in [0, 0.05) is 23.7 Å². The predicted octanol–water partition coefficient (Wildman–Crippen LogP) is 3.12. The van der Waals surface area contributed by atoms with Crippen LogP contribution in [-0.4, -0.2) is 39.5 Å². The van der Waals surface area contributed by atoms with Crippen molar-refractivity contribution in [1.82, 2.24) is 15.4 Å². The average molecular weight is 463 g/mol. The zero-order chi connectivity index (χ0) is 24.5. The lowest BCUT2D eigenvalue weighted by molar-refractivity contribution is -0.148. The van der Waals surface area contributed by atoms with E-state index in [4.69, 9.17) is 10.5 Å². The van der Waals surface area contributed by atoms with Crippen LogP contribution in [-0.2, 0) is 21.7 Å². The third-order valence-electron chi connectivity index (χ3n) is 6.38. The van der Waals surface area contributed by atoms with Gasteiger partial charge in [-0.2, -0.15) is 0 Å². The van der Waals surface area contributed by atoms with Crippen LogP contribution in [0.3, 0.4) is 0 Å². The molecule has 0 bridgehead atoms. The van der Waals surface area contributed by atoms with Gasteiger partial charge in [0.15, 0.2) is 0 Å². The molecule has 4 N–H and O–H groups in total. The number of nitrogens with two attached hydrogens (primary N) is 1. The topological polar surface area (TPSA) is 118 Å². The van der Waals surface area contributed by atoms with E-state index in [-0.39, 0.29) is 5.91 Å². The molecule has 0 spiro atoms. The van der Waals surface area contributed by atoms with Crippen LogP contribution in [0.1, 0.15) is 38.3 Å². The zero-order valence-corrected chi connectivity index (χ0v) is 19.6. The minimum atomic E-state index is -1.25. The van der Waals surface area contributed by atoms with Gasteiger partial charge in [0.05, 0.1) is 5.52 Å². The zero-order valence-electron chi connectivity index (χ0n) is 19.6. The summed E-state index contributed by atoms with van der Waals surface area (Å²) in [5.74, 6) is -0.312. The summed E-state index contributed by atoms with van der Waals surface area (Å²) in [6.45, 7) is 6.23. The van der Waals surface area contributed by atoms with E-state index in [1.165, 1.54) is 4.90 Å². The molecule has 3 aromatic rings. The standard InChI is InChI=1S/C26H30N4O4/c1-25(2,3)22(23(31)29-33)30-15-13-26(27,24(30)32)18-8-10-19(11-9-18)34-16-17-12-14-28-21-7-5-4-6-20(17)21/h4-12,14,22,33H,13,15-16,27H2,1-3H3,(H,29,31)/t22?,26-/m1/s1. The second-order valence-corrected chi connectivity index (χ2v) is 9.76. The first-order valence-electron chi connectivity index (χ1n) is 11.2. The maximum atomic E-state index is 13.4. The smallest absolute Gasteiger partial charge is 0.266 e. The van der Waals surface area contributed by atoms with Crippen molar-refractivity contribution in [3.63, 3.8) is 0 Å². The molecule has 4 rings (SSSR count). The van der Waals surface area contributed by atoms with Crippen LogP contribution in [0.4, 0.5) is 0 Å². The lowest BCUT2D eigenvalue weighted by Crippen LogP contribution is -2.56. The molecule has 0 saturated carbocycles. The van der Waals surface area contributed by atoms with Gasteiger partial charge in [0.1, 0.15) is 23.9 Å². The molecule has 1 aromatic heterocycles. The third kappa shape index (κ3) is 4.34. The number of nitrogens with zero attached hydrogens (tertiary/aromatic N) is 2. The van der Waals surface area contributed by atoms with E-state index in [1.807, 2.05) is 51.1 Å². The highest BCUT2D eigenvalue weighted by Gasteiger charge is 2.51. The molecule has 178 valence electrons. The lowest BCUT2D eigenvalue weighted by Gasteiger charge is -2.37. The first-order chi connectivity index (χ1) is 16.1. The van der Waals surface area contributed by atoms with Gasteiger partial charge >= 0.3 is 0 Å². The van der Waals surface area contributed by atoms with Gasteiger partial charge in [0.25, 0.3) is 5.91 Å². The van der Waals surface area contributed by atoms with Crippen LogP contribution in [0.5, 0.6) is 5.75 Å². The number of benzene rings is 2. The molecule has 2 atom stereocenters. The second-order valence-electron chi connectivity index (χ2n) is 9.76. The van der Waals surface area contributed by atoms with E-state index in [9.17, 15) is 14.8 Å². The molecule has 2 heterocycles. The number of amides is 2. The summed E-state index contributed by atoms with van der Waals surface area (Å²) in [5.41, 5.74) is 9.03. The van der Waals surface area contributed by atoms with Gasteiger partial charge in [-0.15, -0.1) is 0 Å². The number of hydrogen-bond donors (Lipinski definition) is 3. The number of hydrogen-bond acceptors (Lipinski definition) is 6. The number of hydroxylamine groups is 1. The molecular formula is C26H30N4O4. The number of carbonyl (C=O) groups excluding carboxylic acids is 2. The highest BCUT2D eigenvalue weighted by atomic mass is 16.5. The Kier molecular flexibility index (Phi) is 6.29. The number of ether oxygens (including phenoxy) is 1. The number of likely N-dealkylation sites (tertiary alicyclic amines) is 1. The first kappa shape index (κ1) is 23.7. The van der Waals surface area contributed by atoms with Gasteiger partial charge in [-0.25, -0.2) is 5.48 Å². The lowest BCUT2D eigenvalue weighted by atomic mass is 9.84. The quantitative estimate of drug-likeness (QED) is 0.383. The van der Waals surface area contributed by atoms with Crippen LogP contribution in [0.2, 0.25) is 0 Å². The Bertz CT molecular complexity index is 1200. The number of rotatable bonds is 6. The molecule has 8 nitrogen and oxygen atoms in total. The molecule has 2 amide bonds. The van der Waals surface area contributed by atoms with E-state index >= 15 is 0 Å². The maximum Gasteiger partial charge on any atom is 0.266 e. The SMILES string of the molecule is CC(C)(C)C(C(=O)NO)N1CC[C@@](N)(c2ccc(OCc3ccnc4ccccc34)cc2)C1=O. The van der Waals surface area contributed by atoms with E-state index in [0.29, 0.717) is 30.9 Å². The molecule has 34 heavy (non-hydrogen) atoms. The van der Waals surface area contributed by atoms with E-state index in [0.717, 1.165) is 16.5 Å². The summed E-state index contributed by atoms with van der Waals surface area (Å²) < 4.78 is 5.98. The van der Waals surface area contributed by atoms with Crippen molar-refractivity contribution >= 4 is 22.7 Å². The van der Waals surface area contributed by atoms with E-state index in [1.54, 1.807) is 35.9 Å². The number of nitrogens with one attached hydrogen (secondary N) is 1. The Hall–Kier alpha value is -3.49. The molecular weight excluding hydrogens is 432 g/mol. The average Bonchev–Trinajstić information content (AvgIpc) is 3.12. The van der Waals surface area contributed by atoms with Crippen LogP contribution in [0.25, 0.3) is 10.9 Å². The summed E-state index contributed by atoms with van der Waals surface area (Å²) in [6.07, 6.45) is 2.13. The fraction of sp³-hybridized carbons (Fsp3) is 0.346. The molecule has 1 saturated heterocycles. The third-order valence-corrected chi connectivity index (χ3v) is 6.38. The Morgan fingerprint density at radius 3 is 2.59 bits per heavy atom. The second kappa shape index (κ2) is 9.04. The summed E-state index contributed by atoms with van der Waals surface area (Å²) in [4.78, 5) is 31.5. The van der Waals surface area contributed by atoms with Gasteiger partial charge in [-0.3, -0.25) is 19.8 Å². The van der Waals surface area contributed by atoms with Crippen LogP contribution in [0.15, 0.2) is 60.8 Å². The number of carbonyl (C=O) groups is 2. The van der Waals surface area contributed by atoms with Crippen molar-refractivity contribution in [1.29, 1.82) is 0 Å². The van der Waals surface area contributed by atoms with Crippen molar-refractivity contribution in [2.75, 3.05) is 6.54 Å². The normalized spacial score (nSPS) is 19.3. The highest BCUT2D eigenvalue weighted by Crippen LogP contribution is 2.37. The predicted molar refractivity (Wildman–Crippen MR) is 128 cm³/mol. The molecule has 1 fully saturated rings. The summed E-state index contributed by atoms with van der Waals surface area (Å²) >= 11 is 0. The summed E-state index contributed by atoms with van der Waals surface area (Å²) in [6, 6.07) is 16.2. The Balaban J connectivity index is 1.50. The van der Waals surface area contributed by atoms with Gasteiger partial charge in [0.2, 0.25) is 5.91 Å². The van der Waals surface area contributed by atoms with Crippen molar-refractivity contribution < 1.29 is 19.5 Å². The van der Waals surface area contributed by atoms with Crippen molar-refractivity contribution in [2.45, 2.75) is 45.4 Å². The summed E-state index contributed by atoms with van der Waals surface area (Å²) in [7, 11) is 0. The first-order valence-corrected chi connectivity index (χ1v) is 11.2. The number of fused-ring (bicyclic) bond motifs is 1. The fourth-order valence-electron chi connectivity index (χ4n) is 4.63. The van der Waals surface area contributed by atoms with E-state index in [2.05, 4.69) is 4.98 Å². The maximum absolute atomic E-state index is 13.4. The Morgan fingerprint density at radius 2 is 1.91 bits per heavy atom. The largest absolute Gasteiger partial charge is 0.489 e. The van der Waals surface area contributed by atoms with Crippen LogP contribution < -0.4 is 16.0 Å². The van der Waals surface area contributed by atoms with Gasteiger partial charge in [-0.05, 0) is 41.7 Å². The fourth-order valence-corrected chi connectivity index (χ4v) is 4.63. The van der Waals surface area contributed by atoms with Gasteiger partial charge in [-0.1, -0.05) is 51.1 Å². The molecule has 1 aliphatic heterocycles. The van der Waals surface area contributed by atoms with Gasteiger partial charge < -0.3 is 15.4 Å². The molecule has 0 aliphatic carbocycles. The van der Waals surface area contributed by atoms with Crippen LogP contribution >= 0.6 is 0 Å². The van der Waals surface area contributed by atoms with Crippen molar-refractivity contribution in [3.8, 4) is 5.75 Å². The minimum Gasteiger partial charge on any atom is -0.489 e. The molecule has 1 unspecified atom stereocenters.